The zero-order chi connectivity index (χ0) is 21.9. The van der Waals surface area contributed by atoms with Crippen molar-refractivity contribution < 1.29 is 4.92 Å². The molecular weight excluding hydrogens is 398 g/mol. The zero-order valence-electron chi connectivity index (χ0n) is 18.2. The van der Waals surface area contributed by atoms with Crippen LogP contribution in [0.4, 0.5) is 5.69 Å². The van der Waals surface area contributed by atoms with Gasteiger partial charge in [0.1, 0.15) is 0 Å². The van der Waals surface area contributed by atoms with Gasteiger partial charge in [-0.15, -0.1) is 0 Å². The Bertz CT molecular complexity index is 1020. The number of piperazine rings is 1. The van der Waals surface area contributed by atoms with Gasteiger partial charge < -0.3 is 0 Å². The quantitative estimate of drug-likeness (QED) is 0.407. The van der Waals surface area contributed by atoms with Crippen LogP contribution in [0, 0.1) is 10.1 Å². The third-order valence-corrected chi connectivity index (χ3v) is 7.05. The minimum atomic E-state index is -0.255. The van der Waals surface area contributed by atoms with E-state index in [2.05, 4.69) is 70.5 Å². The number of hydrogen-bond acceptors (Lipinski definition) is 4. The zero-order valence-corrected chi connectivity index (χ0v) is 18.2. The Morgan fingerprint density at radius 2 is 1.50 bits per heavy atom. The number of para-hydroxylation sites is 1. The number of hydrogen-bond donors (Lipinski definition) is 0. The first-order valence-electron chi connectivity index (χ1n) is 11.5. The van der Waals surface area contributed by atoms with Crippen molar-refractivity contribution >= 4 is 5.69 Å². The number of benzene rings is 3. The number of rotatable bonds is 6. The molecule has 2 saturated heterocycles. The standard InChI is InChI=1S/C27H29N3O2/c31-30(32)25-16-8-7-14-23(25)18-28-19-24-15-9-17-29(24)26(20-28)27(21-10-3-1-4-11-21)22-12-5-2-6-13-22/h1-8,10-14,16,24,26-27H,9,15,17-20H2. The lowest BCUT2D eigenvalue weighted by molar-refractivity contribution is -0.385. The highest BCUT2D eigenvalue weighted by Gasteiger charge is 2.42. The molecular formula is C27H29N3O2. The van der Waals surface area contributed by atoms with Crippen molar-refractivity contribution in [2.45, 2.75) is 37.4 Å². The molecule has 5 nitrogen and oxygen atoms in total. The molecule has 3 aromatic rings. The van der Waals surface area contributed by atoms with Crippen LogP contribution in [0.15, 0.2) is 84.9 Å². The number of nitro benzene ring substituents is 1. The minimum absolute atomic E-state index is 0.223. The Morgan fingerprint density at radius 3 is 2.16 bits per heavy atom. The normalized spacial score (nSPS) is 21.5. The van der Waals surface area contributed by atoms with Crippen LogP contribution in [0.2, 0.25) is 0 Å². The Hall–Kier alpha value is -3.02. The minimum Gasteiger partial charge on any atom is -0.296 e. The second-order valence-electron chi connectivity index (χ2n) is 8.98. The van der Waals surface area contributed by atoms with E-state index in [1.165, 1.54) is 24.0 Å². The van der Waals surface area contributed by atoms with Crippen LogP contribution in [-0.2, 0) is 6.54 Å². The topological polar surface area (TPSA) is 49.6 Å². The van der Waals surface area contributed by atoms with E-state index in [0.29, 0.717) is 18.6 Å². The fraction of sp³-hybridized carbons (Fsp3) is 0.333. The molecule has 2 unspecified atom stereocenters. The average Bonchev–Trinajstić information content (AvgIpc) is 3.30. The highest BCUT2D eigenvalue weighted by Crippen LogP contribution is 2.38. The van der Waals surface area contributed by atoms with Gasteiger partial charge in [-0.05, 0) is 30.5 Å². The molecule has 0 spiro atoms. The smallest absolute Gasteiger partial charge is 0.273 e. The fourth-order valence-electron chi connectivity index (χ4n) is 5.68. The average molecular weight is 428 g/mol. The van der Waals surface area contributed by atoms with Gasteiger partial charge in [-0.3, -0.25) is 19.9 Å². The third-order valence-electron chi connectivity index (χ3n) is 7.05. The highest BCUT2D eigenvalue weighted by molar-refractivity contribution is 5.40. The predicted octanol–water partition coefficient (Wildman–Crippen LogP) is 5.08. The van der Waals surface area contributed by atoms with Crippen molar-refractivity contribution in [1.29, 1.82) is 0 Å². The summed E-state index contributed by atoms with van der Waals surface area (Å²) in [7, 11) is 0. The summed E-state index contributed by atoms with van der Waals surface area (Å²) in [5.41, 5.74) is 3.70. The maximum atomic E-state index is 11.6. The van der Waals surface area contributed by atoms with Crippen molar-refractivity contribution in [3.05, 3.63) is 112 Å². The molecule has 2 aliphatic rings. The molecule has 2 heterocycles. The molecule has 0 bridgehead atoms. The van der Waals surface area contributed by atoms with E-state index in [0.717, 1.165) is 25.2 Å². The molecule has 0 saturated carbocycles. The highest BCUT2D eigenvalue weighted by atomic mass is 16.6. The van der Waals surface area contributed by atoms with E-state index in [1.54, 1.807) is 12.1 Å². The van der Waals surface area contributed by atoms with Crippen LogP contribution in [-0.4, -0.2) is 46.4 Å². The van der Waals surface area contributed by atoms with Gasteiger partial charge in [0, 0.05) is 49.3 Å². The van der Waals surface area contributed by atoms with Crippen LogP contribution >= 0.6 is 0 Å². The molecule has 2 fully saturated rings. The van der Waals surface area contributed by atoms with E-state index in [4.69, 9.17) is 0 Å². The molecule has 0 aliphatic carbocycles. The van der Waals surface area contributed by atoms with Crippen molar-refractivity contribution in [3.63, 3.8) is 0 Å². The second-order valence-corrected chi connectivity index (χ2v) is 8.98. The van der Waals surface area contributed by atoms with E-state index >= 15 is 0 Å². The Labute approximate surface area is 189 Å². The SMILES string of the molecule is O=[N+]([O-])c1ccccc1CN1CC2CCCN2C(C(c2ccccc2)c2ccccc2)C1. The lowest BCUT2D eigenvalue weighted by atomic mass is 9.82. The number of nitrogens with zero attached hydrogens (tertiary/aromatic N) is 3. The summed E-state index contributed by atoms with van der Waals surface area (Å²) in [5, 5.41) is 11.6. The maximum absolute atomic E-state index is 11.6. The molecule has 5 rings (SSSR count). The van der Waals surface area contributed by atoms with Gasteiger partial charge >= 0.3 is 0 Å². The summed E-state index contributed by atoms with van der Waals surface area (Å²) < 4.78 is 0. The third kappa shape index (κ3) is 4.18. The molecule has 32 heavy (non-hydrogen) atoms. The maximum Gasteiger partial charge on any atom is 0.273 e. The van der Waals surface area contributed by atoms with Gasteiger partial charge in [-0.2, -0.15) is 0 Å². The molecule has 3 aromatic carbocycles. The first-order valence-corrected chi connectivity index (χ1v) is 11.5. The van der Waals surface area contributed by atoms with E-state index in [-0.39, 0.29) is 16.5 Å². The van der Waals surface area contributed by atoms with Gasteiger partial charge in [0.15, 0.2) is 0 Å². The summed E-state index contributed by atoms with van der Waals surface area (Å²) >= 11 is 0. The molecule has 164 valence electrons. The van der Waals surface area contributed by atoms with Crippen molar-refractivity contribution in [1.82, 2.24) is 9.80 Å². The van der Waals surface area contributed by atoms with Gasteiger partial charge in [0.25, 0.3) is 5.69 Å². The van der Waals surface area contributed by atoms with Crippen molar-refractivity contribution in [2.24, 2.45) is 0 Å². The van der Waals surface area contributed by atoms with Crippen molar-refractivity contribution in [2.75, 3.05) is 19.6 Å². The summed E-state index contributed by atoms with van der Waals surface area (Å²) in [5.74, 6) is 0.270. The summed E-state index contributed by atoms with van der Waals surface area (Å²) in [6, 6.07) is 29.6. The molecule has 5 heteroatoms. The van der Waals surface area contributed by atoms with Crippen LogP contribution in [0.25, 0.3) is 0 Å². The monoisotopic (exact) mass is 427 g/mol. The largest absolute Gasteiger partial charge is 0.296 e. The first-order chi connectivity index (χ1) is 15.7. The first kappa shape index (κ1) is 20.9. The van der Waals surface area contributed by atoms with Crippen LogP contribution in [0.3, 0.4) is 0 Å². The van der Waals surface area contributed by atoms with Crippen LogP contribution in [0.5, 0.6) is 0 Å². The van der Waals surface area contributed by atoms with Gasteiger partial charge in [-0.1, -0.05) is 78.9 Å². The van der Waals surface area contributed by atoms with Gasteiger partial charge in [0.2, 0.25) is 0 Å². The predicted molar refractivity (Wildman–Crippen MR) is 127 cm³/mol. The molecule has 2 aliphatic heterocycles. The van der Waals surface area contributed by atoms with E-state index in [1.807, 2.05) is 12.1 Å². The molecule has 0 radical (unpaired) electrons. The lowest BCUT2D eigenvalue weighted by Gasteiger charge is -2.47. The lowest BCUT2D eigenvalue weighted by Crippen LogP contribution is -2.57. The fourth-order valence-corrected chi connectivity index (χ4v) is 5.68. The molecule has 0 aromatic heterocycles. The summed E-state index contributed by atoms with van der Waals surface area (Å²) in [6.07, 6.45) is 2.41. The second kappa shape index (κ2) is 9.23. The number of nitro groups is 1. The van der Waals surface area contributed by atoms with Crippen LogP contribution < -0.4 is 0 Å². The Morgan fingerprint density at radius 1 is 0.875 bits per heavy atom. The summed E-state index contributed by atoms with van der Waals surface area (Å²) in [4.78, 5) is 16.5. The van der Waals surface area contributed by atoms with Gasteiger partial charge in [0.05, 0.1) is 4.92 Å². The molecule has 2 atom stereocenters. The van der Waals surface area contributed by atoms with Gasteiger partial charge in [-0.25, -0.2) is 0 Å². The number of fused-ring (bicyclic) bond motifs is 1. The Balaban J connectivity index is 1.49. The molecule has 0 amide bonds. The Kier molecular flexibility index (Phi) is 6.02. The van der Waals surface area contributed by atoms with E-state index in [9.17, 15) is 10.1 Å². The molecule has 0 N–H and O–H groups in total. The van der Waals surface area contributed by atoms with E-state index < -0.39 is 0 Å². The van der Waals surface area contributed by atoms with Crippen molar-refractivity contribution in [3.8, 4) is 0 Å². The summed E-state index contributed by atoms with van der Waals surface area (Å²) in [6.45, 7) is 3.62. The van der Waals surface area contributed by atoms with Crippen LogP contribution in [0.1, 0.15) is 35.4 Å².